The number of carbonyl (C=O) groups excluding carboxylic acids is 1. The quantitative estimate of drug-likeness (QED) is 0.338. The highest BCUT2D eigenvalue weighted by Gasteiger charge is 2.32. The smallest absolute Gasteiger partial charge is 0.337 e. The summed E-state index contributed by atoms with van der Waals surface area (Å²) in [5, 5.41) is 17.4. The maximum absolute atomic E-state index is 12.9. The molecule has 2 aromatic heterocycles. The van der Waals surface area contributed by atoms with Gasteiger partial charge in [0.25, 0.3) is 5.91 Å². The van der Waals surface area contributed by atoms with Gasteiger partial charge in [-0.15, -0.1) is 0 Å². The number of hydrogen-bond acceptors (Lipinski definition) is 7. The molecule has 188 valence electrons. The van der Waals surface area contributed by atoms with Crippen LogP contribution in [-0.2, 0) is 6.42 Å². The number of aromatic carboxylic acids is 1. The lowest BCUT2D eigenvalue weighted by molar-refractivity contribution is 0.0699. The molecule has 0 bridgehead atoms. The molecule has 1 aliphatic rings. The number of carboxylic acids is 1. The number of aryl methyl sites for hydroxylation is 1. The van der Waals surface area contributed by atoms with Crippen LogP contribution in [0.3, 0.4) is 0 Å². The van der Waals surface area contributed by atoms with Crippen molar-refractivity contribution in [3.8, 4) is 0 Å². The highest BCUT2D eigenvalue weighted by Crippen LogP contribution is 2.33. The number of rotatable bonds is 9. The fourth-order valence-corrected chi connectivity index (χ4v) is 5.64. The average Bonchev–Trinajstić information content (AvgIpc) is 3.42. The van der Waals surface area contributed by atoms with Gasteiger partial charge in [0.2, 0.25) is 0 Å². The molecular weight excluding hydrogens is 488 g/mol. The first kappa shape index (κ1) is 25.4. The van der Waals surface area contributed by atoms with Crippen LogP contribution in [0.2, 0.25) is 5.15 Å². The van der Waals surface area contributed by atoms with E-state index < -0.39 is 5.97 Å². The summed E-state index contributed by atoms with van der Waals surface area (Å²) in [7, 11) is 0. The molecule has 1 saturated heterocycles. The average molecular weight is 519 g/mol. The van der Waals surface area contributed by atoms with E-state index in [-0.39, 0.29) is 29.4 Å². The molecule has 1 aromatic carbocycles. The van der Waals surface area contributed by atoms with Crippen molar-refractivity contribution in [3.05, 3.63) is 40.4 Å². The number of halogens is 1. The van der Waals surface area contributed by atoms with Gasteiger partial charge in [-0.2, -0.15) is 0 Å². The number of carboxylic acid groups (broad SMARTS) is 1. The van der Waals surface area contributed by atoms with Gasteiger partial charge in [0, 0.05) is 25.2 Å². The van der Waals surface area contributed by atoms with Gasteiger partial charge >= 0.3 is 5.97 Å². The number of carbonyl (C=O) groups is 2. The van der Waals surface area contributed by atoms with Crippen LogP contribution in [0.4, 0.5) is 5.13 Å². The summed E-state index contributed by atoms with van der Waals surface area (Å²) in [6.45, 7) is 8.48. The third kappa shape index (κ3) is 5.76. The Morgan fingerprint density at radius 1 is 1.31 bits per heavy atom. The highest BCUT2D eigenvalue weighted by molar-refractivity contribution is 7.22. The Balaban J connectivity index is 1.52. The molecule has 9 nitrogen and oxygen atoms in total. The van der Waals surface area contributed by atoms with Crippen molar-refractivity contribution < 1.29 is 14.7 Å². The van der Waals surface area contributed by atoms with Crippen LogP contribution in [0.5, 0.6) is 0 Å². The number of nitrogens with one attached hydrogen (secondary N) is 3. The Hall–Kier alpha value is -2.69. The molecule has 3 aromatic rings. The van der Waals surface area contributed by atoms with E-state index in [1.807, 2.05) is 13.0 Å². The minimum atomic E-state index is -0.954. The topological polar surface area (TPSA) is 123 Å². The number of piperidine rings is 1. The number of imidazole rings is 1. The number of fused-ring (bicyclic) bond motifs is 1. The number of nitrogens with zero attached hydrogens (tertiary/aromatic N) is 3. The fourth-order valence-electron chi connectivity index (χ4n) is 4.27. The predicted octanol–water partition coefficient (Wildman–Crippen LogP) is 3.95. The number of anilines is 1. The van der Waals surface area contributed by atoms with Gasteiger partial charge in [-0.05, 0) is 43.9 Å². The molecule has 0 aliphatic carbocycles. The van der Waals surface area contributed by atoms with Gasteiger partial charge in [0.1, 0.15) is 0 Å². The van der Waals surface area contributed by atoms with Crippen molar-refractivity contribution >= 4 is 50.2 Å². The number of thiazole rings is 1. The van der Waals surface area contributed by atoms with E-state index in [2.05, 4.69) is 39.3 Å². The highest BCUT2D eigenvalue weighted by atomic mass is 35.5. The second-order valence-electron chi connectivity index (χ2n) is 9.22. The van der Waals surface area contributed by atoms with E-state index >= 15 is 0 Å². The molecule has 11 heteroatoms. The van der Waals surface area contributed by atoms with E-state index in [4.69, 9.17) is 16.6 Å². The number of amides is 1. The second-order valence-corrected chi connectivity index (χ2v) is 10.6. The largest absolute Gasteiger partial charge is 0.478 e. The van der Waals surface area contributed by atoms with Gasteiger partial charge < -0.3 is 25.6 Å². The van der Waals surface area contributed by atoms with E-state index in [1.54, 1.807) is 12.1 Å². The third-order valence-electron chi connectivity index (χ3n) is 6.26. The summed E-state index contributed by atoms with van der Waals surface area (Å²) in [5.41, 5.74) is 1.70. The van der Waals surface area contributed by atoms with E-state index in [1.165, 1.54) is 11.3 Å². The summed E-state index contributed by atoms with van der Waals surface area (Å²) in [5.74, 6) is -0.439. The van der Waals surface area contributed by atoms with E-state index in [0.29, 0.717) is 47.2 Å². The minimum Gasteiger partial charge on any atom is -0.478 e. The lowest BCUT2D eigenvalue weighted by Gasteiger charge is -2.39. The molecule has 2 unspecified atom stereocenters. The summed E-state index contributed by atoms with van der Waals surface area (Å²) < 4.78 is 0.677. The van der Waals surface area contributed by atoms with Crippen LogP contribution in [0.25, 0.3) is 10.2 Å². The summed E-state index contributed by atoms with van der Waals surface area (Å²) in [6, 6.07) is 5.07. The van der Waals surface area contributed by atoms with E-state index in [9.17, 15) is 14.7 Å². The summed E-state index contributed by atoms with van der Waals surface area (Å²) >= 11 is 7.52. The SMILES string of the molecule is CCc1[nH]c(C(=O)NC2CCN(c3nc4cccc(C(=O)O)c4s3)CC2NCCC(C)C)nc1Cl. The molecule has 35 heavy (non-hydrogen) atoms. The molecule has 1 amide bonds. The second kappa shape index (κ2) is 10.9. The van der Waals surface area contributed by atoms with Crippen LogP contribution >= 0.6 is 22.9 Å². The predicted molar refractivity (Wildman–Crippen MR) is 139 cm³/mol. The summed E-state index contributed by atoms with van der Waals surface area (Å²) in [4.78, 5) is 38.6. The Kier molecular flexibility index (Phi) is 7.93. The number of benzene rings is 1. The fraction of sp³-hybridized carbons (Fsp3) is 0.500. The van der Waals surface area contributed by atoms with Gasteiger partial charge in [-0.25, -0.2) is 14.8 Å². The first-order valence-electron chi connectivity index (χ1n) is 11.9. The molecule has 4 N–H and O–H groups in total. The molecule has 1 fully saturated rings. The van der Waals surface area contributed by atoms with E-state index in [0.717, 1.165) is 23.8 Å². The van der Waals surface area contributed by atoms with Gasteiger partial charge in [-0.1, -0.05) is 49.8 Å². The van der Waals surface area contributed by atoms with Crippen LogP contribution in [0.15, 0.2) is 18.2 Å². The molecule has 0 radical (unpaired) electrons. The first-order valence-corrected chi connectivity index (χ1v) is 13.1. The number of aromatic amines is 1. The van der Waals surface area contributed by atoms with Crippen LogP contribution in [0, 0.1) is 5.92 Å². The van der Waals surface area contributed by atoms with Crippen molar-refractivity contribution in [2.75, 3.05) is 24.5 Å². The number of H-pyrrole nitrogens is 1. The van der Waals surface area contributed by atoms with Crippen molar-refractivity contribution in [1.29, 1.82) is 0 Å². The monoisotopic (exact) mass is 518 g/mol. The van der Waals surface area contributed by atoms with Crippen LogP contribution in [0.1, 0.15) is 60.3 Å². The first-order chi connectivity index (χ1) is 16.8. The number of aromatic nitrogens is 3. The maximum Gasteiger partial charge on any atom is 0.337 e. The van der Waals surface area contributed by atoms with Gasteiger partial charge in [-0.3, -0.25) is 4.79 Å². The molecular formula is C24H31ClN6O3S. The molecule has 2 atom stereocenters. The van der Waals surface area contributed by atoms with Crippen LogP contribution < -0.4 is 15.5 Å². The lowest BCUT2D eigenvalue weighted by Crippen LogP contribution is -2.60. The zero-order valence-corrected chi connectivity index (χ0v) is 21.7. The van der Waals surface area contributed by atoms with Gasteiger partial charge in [0.05, 0.1) is 21.5 Å². The zero-order chi connectivity index (χ0) is 25.1. The normalized spacial score (nSPS) is 18.4. The number of hydrogen-bond donors (Lipinski definition) is 4. The zero-order valence-electron chi connectivity index (χ0n) is 20.1. The van der Waals surface area contributed by atoms with Gasteiger partial charge in [0.15, 0.2) is 16.1 Å². The minimum absolute atomic E-state index is 0.00603. The van der Waals surface area contributed by atoms with Crippen molar-refractivity contribution in [3.63, 3.8) is 0 Å². The summed E-state index contributed by atoms with van der Waals surface area (Å²) in [6.07, 6.45) is 2.40. The standard InChI is InChI=1S/C24H31ClN6O3S/c1-4-15-20(25)30-21(27-15)22(32)28-16-9-11-31(12-18(16)26-10-8-13(2)3)24-29-17-7-5-6-14(23(33)34)19(17)35-24/h5-7,13,16,18,26H,4,8-12H2,1-3H3,(H,27,30)(H,28,32)(H,33,34). The Labute approximate surface area is 213 Å². The maximum atomic E-state index is 12.9. The van der Waals surface area contributed by atoms with Crippen molar-refractivity contribution in [2.24, 2.45) is 5.92 Å². The van der Waals surface area contributed by atoms with Crippen LogP contribution in [-0.4, -0.2) is 63.7 Å². The molecule has 0 spiro atoms. The molecule has 1 aliphatic heterocycles. The lowest BCUT2D eigenvalue weighted by atomic mass is 9.98. The Morgan fingerprint density at radius 2 is 2.11 bits per heavy atom. The van der Waals surface area contributed by atoms with Crippen molar-refractivity contribution in [2.45, 2.75) is 52.1 Å². The Bertz CT molecular complexity index is 1210. The molecule has 0 saturated carbocycles. The Morgan fingerprint density at radius 3 is 2.80 bits per heavy atom. The molecule has 3 heterocycles. The third-order valence-corrected chi connectivity index (χ3v) is 7.74. The van der Waals surface area contributed by atoms with Crippen molar-refractivity contribution in [1.82, 2.24) is 25.6 Å². The molecule has 4 rings (SSSR count).